The van der Waals surface area contributed by atoms with Crippen molar-refractivity contribution >= 4 is 35.3 Å². The van der Waals surface area contributed by atoms with Gasteiger partial charge in [0, 0.05) is 21.2 Å². The first-order valence-corrected chi connectivity index (χ1v) is 9.59. The first kappa shape index (κ1) is 21.5. The number of benzene rings is 3. The minimum atomic E-state index is -0.391. The zero-order valence-corrected chi connectivity index (χ0v) is 17.4. The summed E-state index contributed by atoms with van der Waals surface area (Å²) in [4.78, 5) is 12.0. The van der Waals surface area contributed by atoms with Crippen LogP contribution in [0.5, 0.6) is 17.2 Å². The van der Waals surface area contributed by atoms with Crippen LogP contribution in [0.3, 0.4) is 0 Å². The van der Waals surface area contributed by atoms with Gasteiger partial charge in [0.2, 0.25) is 0 Å². The first-order valence-electron chi connectivity index (χ1n) is 8.83. The second-order valence-corrected chi connectivity index (χ2v) is 7.02. The molecule has 2 N–H and O–H groups in total. The minimum Gasteiger partial charge on any atom is -0.508 e. The Hall–Kier alpha value is -3.22. The highest BCUT2D eigenvalue weighted by Crippen LogP contribution is 2.29. The van der Waals surface area contributed by atoms with Crippen LogP contribution in [-0.4, -0.2) is 24.3 Å². The molecule has 0 heterocycles. The van der Waals surface area contributed by atoms with Gasteiger partial charge in [0.05, 0.1) is 13.3 Å². The number of phenols is 1. The van der Waals surface area contributed by atoms with Crippen molar-refractivity contribution < 1.29 is 19.4 Å². The van der Waals surface area contributed by atoms with E-state index in [9.17, 15) is 9.90 Å². The van der Waals surface area contributed by atoms with Crippen LogP contribution in [0.25, 0.3) is 0 Å². The second kappa shape index (κ2) is 10.0. The molecule has 6 nitrogen and oxygen atoms in total. The Bertz CT molecular complexity index is 1070. The zero-order valence-electron chi connectivity index (χ0n) is 15.9. The molecule has 0 aliphatic rings. The van der Waals surface area contributed by atoms with Gasteiger partial charge in [-0.1, -0.05) is 29.3 Å². The van der Waals surface area contributed by atoms with E-state index in [2.05, 4.69) is 10.5 Å². The fourth-order valence-electron chi connectivity index (χ4n) is 2.52. The monoisotopic (exact) mass is 444 g/mol. The molecule has 3 aromatic rings. The summed E-state index contributed by atoms with van der Waals surface area (Å²) in [5.74, 6) is 0.739. The van der Waals surface area contributed by atoms with Crippen molar-refractivity contribution in [1.82, 2.24) is 5.43 Å². The molecule has 0 atom stereocenters. The molecule has 0 fully saturated rings. The number of nitrogens with one attached hydrogen (secondary N) is 1. The third-order valence-electron chi connectivity index (χ3n) is 4.10. The quantitative estimate of drug-likeness (QED) is 0.394. The Kier molecular flexibility index (Phi) is 7.17. The molecule has 0 spiro atoms. The lowest BCUT2D eigenvalue weighted by atomic mass is 10.2. The SMILES string of the molecule is COc1cc(/C=N\NC(=O)c2ccc(O)cc2)ccc1OCc1ccc(Cl)cc1Cl. The lowest BCUT2D eigenvalue weighted by Gasteiger charge is -2.12. The van der Waals surface area contributed by atoms with Crippen LogP contribution in [0.2, 0.25) is 10.0 Å². The van der Waals surface area contributed by atoms with Gasteiger partial charge >= 0.3 is 0 Å². The zero-order chi connectivity index (χ0) is 21.5. The third-order valence-corrected chi connectivity index (χ3v) is 4.68. The van der Waals surface area contributed by atoms with Gasteiger partial charge < -0.3 is 14.6 Å². The number of hydrogen-bond acceptors (Lipinski definition) is 5. The number of aromatic hydroxyl groups is 1. The molecule has 0 aliphatic carbocycles. The number of halogens is 2. The van der Waals surface area contributed by atoms with E-state index in [1.54, 1.807) is 36.4 Å². The number of hydrogen-bond donors (Lipinski definition) is 2. The summed E-state index contributed by atoms with van der Waals surface area (Å²) in [6, 6.07) is 16.3. The van der Waals surface area contributed by atoms with Gasteiger partial charge in [0.25, 0.3) is 5.91 Å². The summed E-state index contributed by atoms with van der Waals surface area (Å²) >= 11 is 12.1. The number of nitrogens with zero attached hydrogens (tertiary/aromatic N) is 1. The molecular formula is C22H18Cl2N2O4. The Morgan fingerprint density at radius 2 is 1.83 bits per heavy atom. The van der Waals surface area contributed by atoms with Crippen molar-refractivity contribution in [2.75, 3.05) is 7.11 Å². The predicted octanol–water partition coefficient (Wildman–Crippen LogP) is 5.05. The summed E-state index contributed by atoms with van der Waals surface area (Å²) in [7, 11) is 1.53. The van der Waals surface area contributed by atoms with E-state index < -0.39 is 5.91 Å². The van der Waals surface area contributed by atoms with E-state index in [-0.39, 0.29) is 12.4 Å². The van der Waals surface area contributed by atoms with Crippen LogP contribution in [0.1, 0.15) is 21.5 Å². The fourth-order valence-corrected chi connectivity index (χ4v) is 2.98. The molecule has 0 radical (unpaired) electrons. The maximum absolute atomic E-state index is 12.0. The fraction of sp³-hybridized carbons (Fsp3) is 0.0909. The van der Waals surface area contributed by atoms with Crippen LogP contribution >= 0.6 is 23.2 Å². The van der Waals surface area contributed by atoms with E-state index >= 15 is 0 Å². The van der Waals surface area contributed by atoms with Crippen molar-refractivity contribution in [3.05, 3.63) is 87.4 Å². The van der Waals surface area contributed by atoms with Crippen molar-refractivity contribution in [3.63, 3.8) is 0 Å². The molecule has 0 saturated carbocycles. The maximum Gasteiger partial charge on any atom is 0.271 e. The summed E-state index contributed by atoms with van der Waals surface area (Å²) in [5, 5.41) is 14.3. The van der Waals surface area contributed by atoms with Crippen LogP contribution in [0.4, 0.5) is 0 Å². The molecule has 0 bridgehead atoms. The van der Waals surface area contributed by atoms with Gasteiger partial charge in [-0.25, -0.2) is 5.43 Å². The largest absolute Gasteiger partial charge is 0.508 e. The summed E-state index contributed by atoms with van der Waals surface area (Å²) < 4.78 is 11.2. The lowest BCUT2D eigenvalue weighted by Crippen LogP contribution is -2.17. The van der Waals surface area contributed by atoms with Gasteiger partial charge in [0.15, 0.2) is 11.5 Å². The Morgan fingerprint density at radius 3 is 2.53 bits per heavy atom. The van der Waals surface area contributed by atoms with Crippen molar-refractivity contribution in [2.24, 2.45) is 5.10 Å². The smallest absolute Gasteiger partial charge is 0.271 e. The molecular weight excluding hydrogens is 427 g/mol. The average Bonchev–Trinajstić information content (AvgIpc) is 2.74. The molecule has 1 amide bonds. The molecule has 3 aromatic carbocycles. The van der Waals surface area contributed by atoms with Gasteiger partial charge in [-0.2, -0.15) is 5.10 Å². The van der Waals surface area contributed by atoms with Crippen molar-refractivity contribution in [3.8, 4) is 17.2 Å². The maximum atomic E-state index is 12.0. The normalized spacial score (nSPS) is 10.8. The molecule has 8 heteroatoms. The minimum absolute atomic E-state index is 0.0859. The topological polar surface area (TPSA) is 80.2 Å². The number of hydrazone groups is 1. The summed E-state index contributed by atoms with van der Waals surface area (Å²) in [5.41, 5.74) is 4.31. The number of rotatable bonds is 7. The van der Waals surface area contributed by atoms with E-state index in [0.717, 1.165) is 5.56 Å². The number of carbonyl (C=O) groups is 1. The standard InChI is InChI=1S/C22H18Cl2N2O4/c1-29-21-10-14(12-25-26-22(28)15-4-7-18(27)8-5-15)2-9-20(21)30-13-16-3-6-17(23)11-19(16)24/h2-12,27H,13H2,1H3,(H,26,28)/b25-12-. The number of carbonyl (C=O) groups excluding carboxylic acids is 1. The van der Waals surface area contributed by atoms with E-state index in [1.807, 2.05) is 0 Å². The van der Waals surface area contributed by atoms with E-state index in [1.165, 1.54) is 37.6 Å². The highest BCUT2D eigenvalue weighted by Gasteiger charge is 2.08. The van der Waals surface area contributed by atoms with Gasteiger partial charge in [-0.15, -0.1) is 0 Å². The number of phenolic OH excluding ortho intramolecular Hbond substituents is 1. The number of ether oxygens (including phenoxy) is 2. The highest BCUT2D eigenvalue weighted by atomic mass is 35.5. The molecule has 0 aliphatic heterocycles. The van der Waals surface area contributed by atoms with Crippen molar-refractivity contribution in [1.29, 1.82) is 0 Å². The van der Waals surface area contributed by atoms with Crippen LogP contribution in [0.15, 0.2) is 65.8 Å². The van der Waals surface area contributed by atoms with Crippen molar-refractivity contribution in [2.45, 2.75) is 6.61 Å². The third kappa shape index (κ3) is 5.65. The van der Waals surface area contributed by atoms with Gasteiger partial charge in [0.1, 0.15) is 12.4 Å². The van der Waals surface area contributed by atoms with Gasteiger partial charge in [-0.3, -0.25) is 4.79 Å². The predicted molar refractivity (Wildman–Crippen MR) is 117 cm³/mol. The Balaban J connectivity index is 1.63. The summed E-state index contributed by atoms with van der Waals surface area (Å²) in [6.45, 7) is 0.252. The van der Waals surface area contributed by atoms with Gasteiger partial charge in [-0.05, 0) is 60.2 Å². The molecule has 0 aromatic heterocycles. The van der Waals surface area contributed by atoms with E-state index in [0.29, 0.717) is 32.7 Å². The molecule has 154 valence electrons. The number of amides is 1. The second-order valence-electron chi connectivity index (χ2n) is 6.18. The van der Waals surface area contributed by atoms with E-state index in [4.69, 9.17) is 32.7 Å². The molecule has 0 unspecified atom stereocenters. The van der Waals surface area contributed by atoms with Crippen LogP contribution < -0.4 is 14.9 Å². The van der Waals surface area contributed by atoms with Crippen LogP contribution in [0, 0.1) is 0 Å². The Labute approximate surface area is 183 Å². The summed E-state index contributed by atoms with van der Waals surface area (Å²) in [6.07, 6.45) is 1.49. The lowest BCUT2D eigenvalue weighted by molar-refractivity contribution is 0.0955. The molecule has 30 heavy (non-hydrogen) atoms. The highest BCUT2D eigenvalue weighted by molar-refractivity contribution is 6.35. The first-order chi connectivity index (χ1) is 14.5. The Morgan fingerprint density at radius 1 is 1.07 bits per heavy atom. The number of methoxy groups -OCH3 is 1. The average molecular weight is 445 g/mol. The molecule has 0 saturated heterocycles. The molecule has 3 rings (SSSR count). The van der Waals surface area contributed by atoms with Crippen LogP contribution in [-0.2, 0) is 6.61 Å².